The third-order valence-corrected chi connectivity index (χ3v) is 13.9. The van der Waals surface area contributed by atoms with Crippen LogP contribution < -0.4 is 0 Å². The highest BCUT2D eigenvalue weighted by Crippen LogP contribution is 2.56. The molecule has 0 N–H and O–H groups in total. The summed E-state index contributed by atoms with van der Waals surface area (Å²) < 4.78 is 4.97. The Morgan fingerprint density at radius 1 is 0.381 bits per heavy atom. The molecule has 0 fully saturated rings. The molecule has 63 heavy (non-hydrogen) atoms. The van der Waals surface area contributed by atoms with E-state index in [0.717, 1.165) is 18.5 Å². The second-order valence-electron chi connectivity index (χ2n) is 17.1. The van der Waals surface area contributed by atoms with Crippen LogP contribution in [0.1, 0.15) is 35.1 Å². The topological polar surface area (TPSA) is 9.86 Å². The van der Waals surface area contributed by atoms with Gasteiger partial charge in [-0.25, -0.2) is 0 Å². The Labute approximate surface area is 367 Å². The molecule has 2 heterocycles. The number of rotatable bonds is 6. The van der Waals surface area contributed by atoms with Gasteiger partial charge in [0.15, 0.2) is 0 Å². The van der Waals surface area contributed by atoms with Crippen molar-refractivity contribution in [3.8, 4) is 39.1 Å². The number of hydrogen-bond acceptors (Lipinski definition) is 0. The van der Waals surface area contributed by atoms with Gasteiger partial charge in [-0.2, -0.15) is 0 Å². The third kappa shape index (κ3) is 5.25. The van der Waals surface area contributed by atoms with Gasteiger partial charge in [0.25, 0.3) is 0 Å². The van der Waals surface area contributed by atoms with E-state index in [2.05, 4.69) is 240 Å². The zero-order valence-corrected chi connectivity index (χ0v) is 34.7. The van der Waals surface area contributed by atoms with Crippen LogP contribution in [0.4, 0.5) is 0 Å². The van der Waals surface area contributed by atoms with Crippen LogP contribution in [0.5, 0.6) is 0 Å². The summed E-state index contributed by atoms with van der Waals surface area (Å²) in [5.74, 6) is 0. The van der Waals surface area contributed by atoms with E-state index in [0.29, 0.717) is 0 Å². The molecule has 296 valence electrons. The maximum Gasteiger partial charge on any atom is 0.0713 e. The Morgan fingerprint density at radius 3 is 1.78 bits per heavy atom. The molecule has 0 radical (unpaired) electrons. The smallest absolute Gasteiger partial charge is 0.0713 e. The SMILES string of the molecule is C1=CCCC(n2c3ccc(-c4cccc5c4c4ccccc4n5-c4cccc(-c5ccccc5)c4)cc3c3cc(C4(c5ccccc5)c5ccccc5-c5ccccc54)ccc32)=C1. The Morgan fingerprint density at radius 2 is 1.00 bits per heavy atom. The third-order valence-electron chi connectivity index (χ3n) is 13.9. The number of fused-ring (bicyclic) bond motifs is 9. The van der Waals surface area contributed by atoms with Crippen LogP contribution in [0, 0.1) is 0 Å². The van der Waals surface area contributed by atoms with Gasteiger partial charge in [0, 0.05) is 32.9 Å². The molecule has 13 rings (SSSR count). The lowest BCUT2D eigenvalue weighted by molar-refractivity contribution is 0.770. The highest BCUT2D eigenvalue weighted by Gasteiger charge is 2.46. The van der Waals surface area contributed by atoms with Crippen LogP contribution in [0.15, 0.2) is 231 Å². The van der Waals surface area contributed by atoms with Crippen LogP contribution >= 0.6 is 0 Å². The van der Waals surface area contributed by atoms with Crippen molar-refractivity contribution in [3.63, 3.8) is 0 Å². The molecule has 0 atom stereocenters. The minimum Gasteiger partial charge on any atom is -0.313 e. The van der Waals surface area contributed by atoms with E-state index in [-0.39, 0.29) is 0 Å². The first-order chi connectivity index (χ1) is 31.3. The zero-order valence-electron chi connectivity index (χ0n) is 34.7. The van der Waals surface area contributed by atoms with Gasteiger partial charge in [-0.05, 0) is 123 Å². The van der Waals surface area contributed by atoms with Crippen molar-refractivity contribution in [1.82, 2.24) is 9.13 Å². The van der Waals surface area contributed by atoms with Crippen molar-refractivity contribution in [2.45, 2.75) is 18.3 Å². The summed E-state index contributed by atoms with van der Waals surface area (Å²) in [6, 6.07) is 79.1. The van der Waals surface area contributed by atoms with Crippen LogP contribution in [0.3, 0.4) is 0 Å². The van der Waals surface area contributed by atoms with Gasteiger partial charge in [-0.1, -0.05) is 176 Å². The number of para-hydroxylation sites is 1. The van der Waals surface area contributed by atoms with Gasteiger partial charge in [-0.15, -0.1) is 0 Å². The maximum absolute atomic E-state index is 2.53. The molecule has 0 saturated heterocycles. The van der Waals surface area contributed by atoms with Gasteiger partial charge in [-0.3, -0.25) is 0 Å². The van der Waals surface area contributed by atoms with Crippen LogP contribution in [0.2, 0.25) is 0 Å². The normalized spacial score (nSPS) is 14.1. The minimum atomic E-state index is -0.479. The molecule has 0 saturated carbocycles. The fourth-order valence-electron chi connectivity index (χ4n) is 11.2. The first kappa shape index (κ1) is 35.8. The summed E-state index contributed by atoms with van der Waals surface area (Å²) in [5, 5.41) is 5.05. The second-order valence-corrected chi connectivity index (χ2v) is 17.1. The van der Waals surface area contributed by atoms with E-state index in [1.165, 1.54) is 105 Å². The molecule has 2 aliphatic rings. The summed E-state index contributed by atoms with van der Waals surface area (Å²) in [5.41, 5.74) is 19.6. The number of allylic oxidation sites excluding steroid dienone is 4. The molecular weight excluding hydrogens is 761 g/mol. The van der Waals surface area contributed by atoms with Crippen molar-refractivity contribution in [2.75, 3.05) is 0 Å². The molecule has 2 heteroatoms. The van der Waals surface area contributed by atoms with Crippen LogP contribution in [-0.2, 0) is 5.41 Å². The molecule has 9 aromatic carbocycles. The zero-order chi connectivity index (χ0) is 41.5. The number of nitrogens with zero attached hydrogens (tertiary/aromatic N) is 2. The highest BCUT2D eigenvalue weighted by atomic mass is 15.0. The van der Waals surface area contributed by atoms with Gasteiger partial charge in [0.05, 0.1) is 27.5 Å². The van der Waals surface area contributed by atoms with Gasteiger partial charge in [0.2, 0.25) is 0 Å². The fourth-order valence-corrected chi connectivity index (χ4v) is 11.2. The van der Waals surface area contributed by atoms with E-state index in [9.17, 15) is 0 Å². The van der Waals surface area contributed by atoms with E-state index < -0.39 is 5.41 Å². The summed E-state index contributed by atoms with van der Waals surface area (Å²) in [4.78, 5) is 0. The maximum atomic E-state index is 2.53. The summed E-state index contributed by atoms with van der Waals surface area (Å²) in [6.45, 7) is 0. The average molecular weight is 803 g/mol. The van der Waals surface area contributed by atoms with Gasteiger partial charge in [0.1, 0.15) is 0 Å². The molecule has 0 amide bonds. The van der Waals surface area contributed by atoms with E-state index >= 15 is 0 Å². The molecule has 11 aromatic rings. The second kappa shape index (κ2) is 14.1. The van der Waals surface area contributed by atoms with Crippen molar-refractivity contribution in [1.29, 1.82) is 0 Å². The molecule has 2 aromatic heterocycles. The molecule has 2 nitrogen and oxygen atoms in total. The van der Waals surface area contributed by atoms with Crippen molar-refractivity contribution in [2.24, 2.45) is 0 Å². The predicted octanol–water partition coefficient (Wildman–Crippen LogP) is 15.8. The lowest BCUT2D eigenvalue weighted by Gasteiger charge is -2.34. The van der Waals surface area contributed by atoms with Crippen molar-refractivity contribution < 1.29 is 0 Å². The molecule has 0 spiro atoms. The van der Waals surface area contributed by atoms with Gasteiger partial charge >= 0.3 is 0 Å². The van der Waals surface area contributed by atoms with Crippen molar-refractivity contribution in [3.05, 3.63) is 253 Å². The van der Waals surface area contributed by atoms with Gasteiger partial charge < -0.3 is 9.13 Å². The molecule has 2 aliphatic carbocycles. The van der Waals surface area contributed by atoms with E-state index in [1.54, 1.807) is 0 Å². The average Bonchev–Trinajstić information content (AvgIpc) is 3.99. The monoisotopic (exact) mass is 802 g/mol. The largest absolute Gasteiger partial charge is 0.313 e. The quantitative estimate of drug-likeness (QED) is 0.158. The van der Waals surface area contributed by atoms with E-state index in [4.69, 9.17) is 0 Å². The molecule has 0 unspecified atom stereocenters. The van der Waals surface area contributed by atoms with Crippen LogP contribution in [0.25, 0.3) is 88.4 Å². The van der Waals surface area contributed by atoms with Crippen molar-refractivity contribution >= 4 is 49.3 Å². The highest BCUT2D eigenvalue weighted by molar-refractivity contribution is 6.17. The lowest BCUT2D eigenvalue weighted by Crippen LogP contribution is -2.28. The number of benzene rings is 9. The molecule has 0 bridgehead atoms. The Balaban J connectivity index is 1.07. The summed E-state index contributed by atoms with van der Waals surface area (Å²) in [6.07, 6.45) is 8.84. The Kier molecular flexibility index (Phi) is 7.98. The van der Waals surface area contributed by atoms with E-state index in [1.807, 2.05) is 0 Å². The summed E-state index contributed by atoms with van der Waals surface area (Å²) in [7, 11) is 0. The predicted molar refractivity (Wildman–Crippen MR) is 265 cm³/mol. The first-order valence-corrected chi connectivity index (χ1v) is 22.2. The molecular formula is C61H42N2. The summed E-state index contributed by atoms with van der Waals surface area (Å²) >= 11 is 0. The first-order valence-electron chi connectivity index (χ1n) is 22.2. The number of hydrogen-bond donors (Lipinski definition) is 0. The lowest BCUT2D eigenvalue weighted by atomic mass is 9.67. The number of aromatic nitrogens is 2. The standard InChI is InChI=1S/C61H42N2/c1-4-18-41(19-5-1)42-20-16-25-47(38-42)63-56-32-15-12-28-51(56)60-48(29-17-33-59(60)63)43-34-36-57-52(39-43)53-40-45(35-37-58(53)62(57)46-23-8-3-9-24-46)61(44-21-6-2-7-22-44)54-30-13-10-26-49(54)50-27-11-14-31-55(50)61/h1-8,10-23,25-40H,9,24H2. The Hall–Kier alpha value is -7.94. The molecule has 0 aliphatic heterocycles. The van der Waals surface area contributed by atoms with Crippen LogP contribution in [-0.4, -0.2) is 9.13 Å². The fraction of sp³-hybridized carbons (Fsp3) is 0.0492. The Bertz CT molecular complexity index is 3630. The minimum absolute atomic E-state index is 0.479.